The smallest absolute Gasteiger partial charge is 0.143 e. The summed E-state index contributed by atoms with van der Waals surface area (Å²) in [4.78, 5) is 8.92. The number of para-hydroxylation sites is 1. The van der Waals surface area contributed by atoms with E-state index in [4.69, 9.17) is 5.73 Å². The molecule has 0 aliphatic rings. The van der Waals surface area contributed by atoms with Gasteiger partial charge < -0.3 is 5.73 Å². The van der Waals surface area contributed by atoms with Crippen molar-refractivity contribution in [1.29, 1.82) is 0 Å². The van der Waals surface area contributed by atoms with Gasteiger partial charge in [0, 0.05) is 0 Å². The summed E-state index contributed by atoms with van der Waals surface area (Å²) in [7, 11) is 0. The molecule has 0 atom stereocenters. The normalized spacial score (nSPS) is 10.9. The van der Waals surface area contributed by atoms with E-state index in [0.717, 1.165) is 16.2 Å². The molecule has 3 nitrogen and oxygen atoms in total. The molecule has 17 heavy (non-hydrogen) atoms. The number of aromatic nitrogens is 2. The lowest BCUT2D eigenvalue weighted by Crippen LogP contribution is -1.90. The maximum Gasteiger partial charge on any atom is 0.143 e. The highest BCUT2D eigenvalue weighted by atomic mass is 32.1. The zero-order valence-corrected chi connectivity index (χ0v) is 10.2. The highest BCUT2D eigenvalue weighted by molar-refractivity contribution is 7.21. The van der Waals surface area contributed by atoms with Crippen LogP contribution >= 0.6 is 11.3 Å². The first-order chi connectivity index (χ1) is 8.24. The Labute approximate surface area is 103 Å². The first-order valence-corrected chi connectivity index (χ1v) is 6.15. The van der Waals surface area contributed by atoms with Crippen molar-refractivity contribution in [2.24, 2.45) is 0 Å². The molecule has 0 radical (unpaired) electrons. The first kappa shape index (κ1) is 10.2. The molecule has 0 unspecified atom stereocenters. The summed E-state index contributed by atoms with van der Waals surface area (Å²) in [5, 5.41) is 0.918. The van der Waals surface area contributed by atoms with Gasteiger partial charge in [0.2, 0.25) is 0 Å². The average Bonchev–Trinajstić information content (AvgIpc) is 2.74. The van der Waals surface area contributed by atoms with Crippen molar-refractivity contribution in [1.82, 2.24) is 9.97 Å². The van der Waals surface area contributed by atoms with Gasteiger partial charge in [0.05, 0.1) is 10.2 Å². The standard InChI is InChI=1S/C13H11N3S/c1-8-4-2-6-10-12(8)16-13(17-10)9-5-3-7-11(14)15-9/h2-7H,1H3,(H2,14,15). The molecule has 1 aromatic carbocycles. The molecule has 3 aromatic rings. The molecule has 0 saturated carbocycles. The number of rotatable bonds is 1. The SMILES string of the molecule is Cc1cccc2sc(-c3cccc(N)n3)nc12. The Morgan fingerprint density at radius 1 is 1.06 bits per heavy atom. The van der Waals surface area contributed by atoms with Crippen LogP contribution in [0.25, 0.3) is 20.9 Å². The zero-order valence-electron chi connectivity index (χ0n) is 9.34. The second kappa shape index (κ2) is 3.82. The predicted molar refractivity (Wildman–Crippen MR) is 72.0 cm³/mol. The quantitative estimate of drug-likeness (QED) is 0.711. The van der Waals surface area contributed by atoms with E-state index in [1.165, 1.54) is 10.3 Å². The minimum atomic E-state index is 0.526. The van der Waals surface area contributed by atoms with Crippen LogP contribution in [-0.4, -0.2) is 9.97 Å². The third-order valence-corrected chi connectivity index (χ3v) is 3.65. The molecule has 4 heteroatoms. The fraction of sp³-hybridized carbons (Fsp3) is 0.0769. The van der Waals surface area contributed by atoms with E-state index in [9.17, 15) is 0 Å². The molecular weight excluding hydrogens is 230 g/mol. The average molecular weight is 241 g/mol. The molecule has 0 spiro atoms. The van der Waals surface area contributed by atoms with Gasteiger partial charge in [-0.1, -0.05) is 18.2 Å². The minimum absolute atomic E-state index is 0.526. The van der Waals surface area contributed by atoms with Crippen molar-refractivity contribution in [2.45, 2.75) is 6.92 Å². The van der Waals surface area contributed by atoms with Gasteiger partial charge in [-0.25, -0.2) is 9.97 Å². The lowest BCUT2D eigenvalue weighted by Gasteiger charge is -1.95. The van der Waals surface area contributed by atoms with Crippen LogP contribution in [0.4, 0.5) is 5.82 Å². The van der Waals surface area contributed by atoms with Crippen molar-refractivity contribution in [3.8, 4) is 10.7 Å². The number of hydrogen-bond acceptors (Lipinski definition) is 4. The number of anilines is 1. The third kappa shape index (κ3) is 1.76. The summed E-state index contributed by atoms with van der Waals surface area (Å²) < 4.78 is 1.18. The Morgan fingerprint density at radius 3 is 2.65 bits per heavy atom. The van der Waals surface area contributed by atoms with Gasteiger partial charge in [-0.2, -0.15) is 0 Å². The maximum atomic E-state index is 5.69. The van der Waals surface area contributed by atoms with Crippen LogP contribution in [0, 0.1) is 6.92 Å². The molecule has 3 rings (SSSR count). The fourth-order valence-corrected chi connectivity index (χ4v) is 2.78. The number of hydrogen-bond donors (Lipinski definition) is 1. The summed E-state index contributed by atoms with van der Waals surface area (Å²) in [5.41, 5.74) is 8.77. The van der Waals surface area contributed by atoms with Gasteiger partial charge in [-0.05, 0) is 30.7 Å². The van der Waals surface area contributed by atoms with Crippen molar-refractivity contribution >= 4 is 27.4 Å². The Bertz CT molecular complexity index is 688. The topological polar surface area (TPSA) is 51.8 Å². The van der Waals surface area contributed by atoms with Crippen molar-refractivity contribution in [3.05, 3.63) is 42.0 Å². The fourth-order valence-electron chi connectivity index (χ4n) is 1.77. The minimum Gasteiger partial charge on any atom is -0.384 e. The van der Waals surface area contributed by atoms with Gasteiger partial charge in [0.15, 0.2) is 0 Å². The molecule has 0 saturated heterocycles. The second-order valence-corrected chi connectivity index (χ2v) is 4.92. The van der Waals surface area contributed by atoms with Crippen LogP contribution in [0.2, 0.25) is 0 Å². The molecule has 0 aliphatic carbocycles. The monoisotopic (exact) mass is 241 g/mol. The van der Waals surface area contributed by atoms with Gasteiger partial charge >= 0.3 is 0 Å². The van der Waals surface area contributed by atoms with Gasteiger partial charge in [0.1, 0.15) is 16.5 Å². The van der Waals surface area contributed by atoms with Crippen molar-refractivity contribution in [3.63, 3.8) is 0 Å². The molecular formula is C13H11N3S. The Morgan fingerprint density at radius 2 is 1.88 bits per heavy atom. The largest absolute Gasteiger partial charge is 0.384 e. The van der Waals surface area contributed by atoms with Gasteiger partial charge in [-0.3, -0.25) is 0 Å². The molecule has 0 fully saturated rings. The molecule has 0 bridgehead atoms. The molecule has 2 aromatic heterocycles. The van der Waals surface area contributed by atoms with Crippen LogP contribution < -0.4 is 5.73 Å². The first-order valence-electron chi connectivity index (χ1n) is 5.33. The number of nitrogens with two attached hydrogens (primary N) is 1. The van der Waals surface area contributed by atoms with Crippen LogP contribution in [-0.2, 0) is 0 Å². The molecule has 0 aliphatic heterocycles. The van der Waals surface area contributed by atoms with Gasteiger partial charge in [-0.15, -0.1) is 11.3 Å². The summed E-state index contributed by atoms with van der Waals surface area (Å²) in [6, 6.07) is 11.8. The van der Waals surface area contributed by atoms with E-state index >= 15 is 0 Å². The van der Waals surface area contributed by atoms with Crippen LogP contribution in [0.15, 0.2) is 36.4 Å². The molecule has 2 N–H and O–H groups in total. The second-order valence-electron chi connectivity index (χ2n) is 3.89. The number of nitrogens with zero attached hydrogens (tertiary/aromatic N) is 2. The van der Waals surface area contributed by atoms with E-state index in [2.05, 4.69) is 29.0 Å². The summed E-state index contributed by atoms with van der Waals surface area (Å²) in [6.45, 7) is 2.07. The van der Waals surface area contributed by atoms with Crippen molar-refractivity contribution < 1.29 is 0 Å². The van der Waals surface area contributed by atoms with E-state index in [1.807, 2.05) is 18.2 Å². The number of aryl methyl sites for hydroxylation is 1. The molecule has 2 heterocycles. The zero-order chi connectivity index (χ0) is 11.8. The van der Waals surface area contributed by atoms with E-state index in [0.29, 0.717) is 5.82 Å². The number of pyridine rings is 1. The highest BCUT2D eigenvalue weighted by Crippen LogP contribution is 2.30. The lowest BCUT2D eigenvalue weighted by atomic mass is 10.2. The van der Waals surface area contributed by atoms with Crippen LogP contribution in [0.3, 0.4) is 0 Å². The summed E-state index contributed by atoms with van der Waals surface area (Å²) in [5.74, 6) is 0.526. The van der Waals surface area contributed by atoms with Crippen molar-refractivity contribution in [2.75, 3.05) is 5.73 Å². The third-order valence-electron chi connectivity index (χ3n) is 2.61. The molecule has 0 amide bonds. The number of fused-ring (bicyclic) bond motifs is 1. The van der Waals surface area contributed by atoms with E-state index < -0.39 is 0 Å². The number of thiazole rings is 1. The summed E-state index contributed by atoms with van der Waals surface area (Å²) in [6.07, 6.45) is 0. The Balaban J connectivity index is 2.22. The highest BCUT2D eigenvalue weighted by Gasteiger charge is 2.08. The predicted octanol–water partition coefficient (Wildman–Crippen LogP) is 3.25. The van der Waals surface area contributed by atoms with E-state index in [1.54, 1.807) is 17.4 Å². The number of benzene rings is 1. The molecule has 84 valence electrons. The Hall–Kier alpha value is -1.94. The Kier molecular flexibility index (Phi) is 2.30. The maximum absolute atomic E-state index is 5.69. The van der Waals surface area contributed by atoms with E-state index in [-0.39, 0.29) is 0 Å². The van der Waals surface area contributed by atoms with Crippen LogP contribution in [0.5, 0.6) is 0 Å². The lowest BCUT2D eigenvalue weighted by molar-refractivity contribution is 1.31. The van der Waals surface area contributed by atoms with Crippen LogP contribution in [0.1, 0.15) is 5.56 Å². The summed E-state index contributed by atoms with van der Waals surface area (Å²) >= 11 is 1.64. The van der Waals surface area contributed by atoms with Gasteiger partial charge in [0.25, 0.3) is 0 Å². The number of nitrogen functional groups attached to an aromatic ring is 1.